The second kappa shape index (κ2) is 9.04. The summed E-state index contributed by atoms with van der Waals surface area (Å²) >= 11 is 10.1. The number of benzene rings is 1. The van der Waals surface area contributed by atoms with Gasteiger partial charge in [0.1, 0.15) is 0 Å². The molecule has 1 heterocycles. The standard InChI is InChI=1S/C18H16Br3NO6/c19-11-7-12(20)16(13(21)8-11)27-17(25)9-1-3-10(4-2-9)18(26)28-22-14(23)5-6-15(22)24/h7-10H,1-6H2. The molecule has 3 rings (SSSR count). The van der Waals surface area contributed by atoms with Crippen molar-refractivity contribution in [2.45, 2.75) is 38.5 Å². The van der Waals surface area contributed by atoms with Gasteiger partial charge in [-0.25, -0.2) is 4.79 Å². The molecule has 150 valence electrons. The van der Waals surface area contributed by atoms with Gasteiger partial charge in [-0.1, -0.05) is 15.9 Å². The zero-order chi connectivity index (χ0) is 20.4. The van der Waals surface area contributed by atoms with Crippen molar-refractivity contribution in [2.75, 3.05) is 0 Å². The van der Waals surface area contributed by atoms with Crippen molar-refractivity contribution >= 4 is 71.5 Å². The fraction of sp³-hybridized carbons (Fsp3) is 0.444. The van der Waals surface area contributed by atoms with Crippen LogP contribution in [0.5, 0.6) is 5.75 Å². The number of nitrogens with zero attached hydrogens (tertiary/aromatic N) is 1. The number of imide groups is 1. The Labute approximate surface area is 186 Å². The number of carbonyl (C=O) groups excluding carboxylic acids is 4. The van der Waals surface area contributed by atoms with E-state index < -0.39 is 23.7 Å². The number of esters is 1. The maximum absolute atomic E-state index is 12.5. The Morgan fingerprint density at radius 1 is 0.857 bits per heavy atom. The third kappa shape index (κ3) is 4.83. The normalized spacial score (nSPS) is 22.3. The average Bonchev–Trinajstić information content (AvgIpc) is 2.96. The fourth-order valence-electron chi connectivity index (χ4n) is 3.20. The number of ether oxygens (including phenoxy) is 1. The van der Waals surface area contributed by atoms with Crippen molar-refractivity contribution in [1.82, 2.24) is 5.06 Å². The van der Waals surface area contributed by atoms with E-state index in [1.54, 1.807) is 12.1 Å². The topological polar surface area (TPSA) is 90.0 Å². The summed E-state index contributed by atoms with van der Waals surface area (Å²) in [6.07, 6.45) is 1.91. The Morgan fingerprint density at radius 2 is 1.32 bits per heavy atom. The van der Waals surface area contributed by atoms with E-state index in [-0.39, 0.29) is 24.7 Å². The lowest BCUT2D eigenvalue weighted by molar-refractivity contribution is -0.201. The molecular weight excluding hydrogens is 566 g/mol. The van der Waals surface area contributed by atoms with Crippen molar-refractivity contribution in [3.8, 4) is 5.75 Å². The van der Waals surface area contributed by atoms with Crippen molar-refractivity contribution < 1.29 is 28.8 Å². The van der Waals surface area contributed by atoms with Crippen molar-refractivity contribution in [3.05, 3.63) is 25.6 Å². The first-order valence-electron chi connectivity index (χ1n) is 8.70. The highest BCUT2D eigenvalue weighted by molar-refractivity contribution is 9.11. The molecule has 0 aromatic heterocycles. The molecule has 0 N–H and O–H groups in total. The molecule has 2 fully saturated rings. The molecule has 28 heavy (non-hydrogen) atoms. The van der Waals surface area contributed by atoms with Crippen LogP contribution in [-0.2, 0) is 24.0 Å². The summed E-state index contributed by atoms with van der Waals surface area (Å²) in [6, 6.07) is 3.56. The van der Waals surface area contributed by atoms with Gasteiger partial charge in [0.05, 0.1) is 20.8 Å². The van der Waals surface area contributed by atoms with Crippen LogP contribution in [0, 0.1) is 11.8 Å². The molecule has 1 aliphatic heterocycles. The third-order valence-electron chi connectivity index (χ3n) is 4.75. The Balaban J connectivity index is 1.53. The minimum absolute atomic E-state index is 0.0614. The lowest BCUT2D eigenvalue weighted by atomic mass is 9.82. The maximum Gasteiger partial charge on any atom is 0.336 e. The molecule has 1 saturated heterocycles. The molecule has 2 aliphatic rings. The van der Waals surface area contributed by atoms with Gasteiger partial charge >= 0.3 is 11.9 Å². The van der Waals surface area contributed by atoms with E-state index in [0.717, 1.165) is 4.47 Å². The van der Waals surface area contributed by atoms with Gasteiger partial charge in [0.15, 0.2) is 5.75 Å². The molecule has 1 aromatic carbocycles. The smallest absolute Gasteiger partial charge is 0.336 e. The first kappa shape index (κ1) is 21.4. The van der Waals surface area contributed by atoms with Gasteiger partial charge in [-0.05, 0) is 69.7 Å². The summed E-state index contributed by atoms with van der Waals surface area (Å²) in [7, 11) is 0. The largest absolute Gasteiger partial charge is 0.424 e. The summed E-state index contributed by atoms with van der Waals surface area (Å²) < 4.78 is 7.64. The second-order valence-corrected chi connectivity index (χ2v) is 9.28. The summed E-state index contributed by atoms with van der Waals surface area (Å²) in [4.78, 5) is 52.8. The average molecular weight is 582 g/mol. The van der Waals surface area contributed by atoms with E-state index in [4.69, 9.17) is 9.57 Å². The highest BCUT2D eigenvalue weighted by atomic mass is 79.9. The van der Waals surface area contributed by atoms with Gasteiger partial charge < -0.3 is 9.57 Å². The lowest BCUT2D eigenvalue weighted by Gasteiger charge is -2.26. The van der Waals surface area contributed by atoms with E-state index in [2.05, 4.69) is 47.8 Å². The van der Waals surface area contributed by atoms with Gasteiger partial charge in [0, 0.05) is 17.3 Å². The number of hydroxylamine groups is 2. The van der Waals surface area contributed by atoms with Crippen LogP contribution in [0.4, 0.5) is 0 Å². The van der Waals surface area contributed by atoms with Crippen molar-refractivity contribution in [1.29, 1.82) is 0 Å². The molecule has 1 aliphatic carbocycles. The number of halogens is 3. The number of amides is 2. The lowest BCUT2D eigenvalue weighted by Crippen LogP contribution is -2.36. The molecule has 0 bridgehead atoms. The van der Waals surface area contributed by atoms with Crippen LogP contribution < -0.4 is 4.74 Å². The third-order valence-corrected chi connectivity index (χ3v) is 6.38. The van der Waals surface area contributed by atoms with Gasteiger partial charge in [0.2, 0.25) is 0 Å². The number of carbonyl (C=O) groups is 4. The Kier molecular flexibility index (Phi) is 6.93. The van der Waals surface area contributed by atoms with E-state index >= 15 is 0 Å². The molecular formula is C18H16Br3NO6. The highest BCUT2D eigenvalue weighted by Gasteiger charge is 2.37. The number of hydrogen-bond acceptors (Lipinski definition) is 6. The molecule has 10 heteroatoms. The van der Waals surface area contributed by atoms with Crippen molar-refractivity contribution in [2.24, 2.45) is 11.8 Å². The Bertz CT molecular complexity index is 796. The van der Waals surface area contributed by atoms with Crippen LogP contribution in [0.3, 0.4) is 0 Å². The Morgan fingerprint density at radius 3 is 1.82 bits per heavy atom. The summed E-state index contributed by atoms with van der Waals surface area (Å²) in [5.41, 5.74) is 0. The predicted molar refractivity (Wildman–Crippen MR) is 108 cm³/mol. The van der Waals surface area contributed by atoms with Gasteiger partial charge in [0.25, 0.3) is 11.8 Å². The van der Waals surface area contributed by atoms with Gasteiger partial charge in [-0.15, -0.1) is 5.06 Å². The molecule has 7 nitrogen and oxygen atoms in total. The SMILES string of the molecule is O=C(Oc1c(Br)cc(Br)cc1Br)C1CCC(C(=O)ON2C(=O)CCC2=O)CC1. The fourth-order valence-corrected chi connectivity index (χ4v) is 5.62. The zero-order valence-electron chi connectivity index (χ0n) is 14.6. The van der Waals surface area contributed by atoms with Crippen LogP contribution >= 0.6 is 47.8 Å². The highest BCUT2D eigenvalue weighted by Crippen LogP contribution is 2.38. The first-order valence-corrected chi connectivity index (χ1v) is 11.1. The van der Waals surface area contributed by atoms with E-state index in [9.17, 15) is 19.2 Å². The molecule has 0 radical (unpaired) electrons. The molecule has 0 unspecified atom stereocenters. The maximum atomic E-state index is 12.5. The minimum Gasteiger partial charge on any atom is -0.424 e. The molecule has 1 aromatic rings. The van der Waals surface area contributed by atoms with E-state index in [0.29, 0.717) is 45.4 Å². The van der Waals surface area contributed by atoms with Crippen LogP contribution in [-0.4, -0.2) is 28.8 Å². The van der Waals surface area contributed by atoms with Crippen molar-refractivity contribution in [3.63, 3.8) is 0 Å². The van der Waals surface area contributed by atoms with Crippen LogP contribution in [0.1, 0.15) is 38.5 Å². The quantitative estimate of drug-likeness (QED) is 0.299. The minimum atomic E-state index is -0.603. The van der Waals surface area contributed by atoms with Gasteiger partial charge in [-0.3, -0.25) is 14.4 Å². The number of hydrogen-bond donors (Lipinski definition) is 0. The summed E-state index contributed by atoms with van der Waals surface area (Å²) in [5, 5.41) is 0.561. The number of rotatable bonds is 4. The van der Waals surface area contributed by atoms with E-state index in [1.807, 2.05) is 0 Å². The van der Waals surface area contributed by atoms with E-state index in [1.165, 1.54) is 0 Å². The van der Waals surface area contributed by atoms with Crippen LogP contribution in [0.15, 0.2) is 25.6 Å². The first-order chi connectivity index (χ1) is 13.3. The molecule has 1 saturated carbocycles. The molecule has 0 spiro atoms. The van der Waals surface area contributed by atoms with Gasteiger partial charge in [-0.2, -0.15) is 0 Å². The summed E-state index contributed by atoms with van der Waals surface area (Å²) in [6.45, 7) is 0. The van der Waals surface area contributed by atoms with Crippen LogP contribution in [0.25, 0.3) is 0 Å². The molecule has 0 atom stereocenters. The second-order valence-electron chi connectivity index (χ2n) is 6.66. The zero-order valence-corrected chi connectivity index (χ0v) is 19.3. The van der Waals surface area contributed by atoms with Crippen LogP contribution in [0.2, 0.25) is 0 Å². The Hall–Kier alpha value is -1.26. The monoisotopic (exact) mass is 579 g/mol. The predicted octanol–water partition coefficient (Wildman–Crippen LogP) is 4.29. The summed E-state index contributed by atoms with van der Waals surface area (Å²) in [5.74, 6) is -2.34. The molecule has 2 amide bonds.